The van der Waals surface area contributed by atoms with Crippen LogP contribution >= 0.6 is 0 Å². The van der Waals surface area contributed by atoms with Crippen molar-refractivity contribution in [2.24, 2.45) is 0 Å². The van der Waals surface area contributed by atoms with Crippen molar-refractivity contribution < 1.29 is 4.79 Å². The van der Waals surface area contributed by atoms with Gasteiger partial charge in [-0.05, 0) is 13.8 Å². The number of rotatable bonds is 0. The molecule has 0 bridgehead atoms. The molecule has 15 heavy (non-hydrogen) atoms. The number of carbonyl (C=O) groups is 1. The summed E-state index contributed by atoms with van der Waals surface area (Å²) in [6, 6.07) is 0. The monoisotopic (exact) mass is 207 g/mol. The molecule has 1 aromatic heterocycles. The Morgan fingerprint density at radius 3 is 2.73 bits per heavy atom. The zero-order chi connectivity index (χ0) is 11.0. The molecule has 7 heteroatoms. The van der Waals surface area contributed by atoms with E-state index in [0.717, 1.165) is 4.68 Å². The van der Waals surface area contributed by atoms with E-state index < -0.39 is 5.56 Å². The zero-order valence-corrected chi connectivity index (χ0v) is 8.24. The number of anilines is 1. The minimum atomic E-state index is -0.399. The highest BCUT2D eigenvalue weighted by Crippen LogP contribution is 2.05. The Kier molecular flexibility index (Phi) is 2.00. The number of hydrogen-bond donors (Lipinski definition) is 2. The number of allylic oxidation sites excluding steroid dienone is 1. The highest BCUT2D eigenvalue weighted by molar-refractivity contribution is 5.95. The van der Waals surface area contributed by atoms with Crippen LogP contribution in [0, 0.1) is 6.92 Å². The van der Waals surface area contributed by atoms with Crippen molar-refractivity contribution in [1.29, 1.82) is 0 Å². The van der Waals surface area contributed by atoms with Crippen LogP contribution in [0.4, 0.5) is 5.95 Å². The van der Waals surface area contributed by atoms with E-state index >= 15 is 0 Å². The van der Waals surface area contributed by atoms with E-state index in [4.69, 9.17) is 0 Å². The Balaban J connectivity index is 2.62. The van der Waals surface area contributed by atoms with Gasteiger partial charge in [0.15, 0.2) is 0 Å². The van der Waals surface area contributed by atoms with E-state index in [9.17, 15) is 9.59 Å². The minimum Gasteiger partial charge on any atom is -0.327 e. The Morgan fingerprint density at radius 2 is 2.00 bits per heavy atom. The molecule has 1 aliphatic heterocycles. The summed E-state index contributed by atoms with van der Waals surface area (Å²) in [7, 11) is 0. The van der Waals surface area contributed by atoms with Crippen molar-refractivity contribution in [1.82, 2.24) is 14.9 Å². The van der Waals surface area contributed by atoms with Crippen LogP contribution in [-0.2, 0) is 4.79 Å². The molecule has 7 nitrogen and oxygen atoms in total. The molecule has 0 spiro atoms. The van der Waals surface area contributed by atoms with E-state index in [-0.39, 0.29) is 17.5 Å². The van der Waals surface area contributed by atoms with Crippen molar-refractivity contribution in [2.75, 3.05) is 10.7 Å². The fourth-order valence-electron chi connectivity index (χ4n) is 1.20. The predicted octanol–water partition coefficient (Wildman–Crippen LogP) is -0.654. The number of amides is 1. The smallest absolute Gasteiger partial charge is 0.295 e. The van der Waals surface area contributed by atoms with Crippen LogP contribution in [0.2, 0.25) is 0 Å². The van der Waals surface area contributed by atoms with Gasteiger partial charge in [0.25, 0.3) is 11.5 Å². The van der Waals surface area contributed by atoms with E-state index in [1.165, 1.54) is 13.0 Å². The van der Waals surface area contributed by atoms with Crippen LogP contribution in [0.1, 0.15) is 12.6 Å². The van der Waals surface area contributed by atoms with Crippen molar-refractivity contribution >= 4 is 11.9 Å². The summed E-state index contributed by atoms with van der Waals surface area (Å²) < 4.78 is 1.04. The first-order valence-corrected chi connectivity index (χ1v) is 4.30. The fraction of sp³-hybridized carbons (Fsp3) is 0.250. The number of hydrogen-bond acceptors (Lipinski definition) is 5. The SMILES string of the molecule is CC1=CC(=O)Nn2c(nnc(C)c2=O)N1. The predicted molar refractivity (Wildman–Crippen MR) is 52.8 cm³/mol. The van der Waals surface area contributed by atoms with Crippen molar-refractivity contribution in [3.63, 3.8) is 0 Å². The molecule has 0 aromatic carbocycles. The summed E-state index contributed by atoms with van der Waals surface area (Å²) in [6.07, 6.45) is 1.34. The molecule has 2 heterocycles. The van der Waals surface area contributed by atoms with E-state index in [2.05, 4.69) is 20.9 Å². The van der Waals surface area contributed by atoms with E-state index in [1.807, 2.05) is 0 Å². The maximum Gasteiger partial charge on any atom is 0.295 e. The molecule has 78 valence electrons. The second-order valence-corrected chi connectivity index (χ2v) is 3.18. The second kappa shape index (κ2) is 3.19. The van der Waals surface area contributed by atoms with E-state index in [1.54, 1.807) is 6.92 Å². The molecular formula is C8H9N5O2. The number of nitrogens with zero attached hydrogens (tertiary/aromatic N) is 3. The Labute approximate surface area is 84.8 Å². The van der Waals surface area contributed by atoms with E-state index in [0.29, 0.717) is 5.70 Å². The summed E-state index contributed by atoms with van der Waals surface area (Å²) >= 11 is 0. The van der Waals surface area contributed by atoms with Crippen LogP contribution in [0.3, 0.4) is 0 Å². The average Bonchev–Trinajstić information content (AvgIpc) is 2.30. The molecule has 1 aliphatic rings. The van der Waals surface area contributed by atoms with Crippen LogP contribution in [0.15, 0.2) is 16.6 Å². The molecule has 0 saturated carbocycles. The maximum atomic E-state index is 11.6. The average molecular weight is 207 g/mol. The lowest BCUT2D eigenvalue weighted by Gasteiger charge is -2.08. The summed E-state index contributed by atoms with van der Waals surface area (Å²) in [5.74, 6) is -0.182. The Morgan fingerprint density at radius 1 is 1.27 bits per heavy atom. The number of aromatic nitrogens is 3. The molecule has 0 fully saturated rings. The van der Waals surface area contributed by atoms with Gasteiger partial charge in [-0.2, -0.15) is 4.68 Å². The van der Waals surface area contributed by atoms with Crippen molar-refractivity contribution in [2.45, 2.75) is 13.8 Å². The third-order valence-corrected chi connectivity index (χ3v) is 1.90. The third-order valence-electron chi connectivity index (χ3n) is 1.90. The molecule has 1 amide bonds. The van der Waals surface area contributed by atoms with Gasteiger partial charge >= 0.3 is 0 Å². The second-order valence-electron chi connectivity index (χ2n) is 3.18. The van der Waals surface area contributed by atoms with Gasteiger partial charge in [0.2, 0.25) is 5.95 Å². The molecule has 2 rings (SSSR count). The summed E-state index contributed by atoms with van der Waals surface area (Å²) in [5.41, 5.74) is 2.80. The molecule has 0 saturated heterocycles. The van der Waals surface area contributed by atoms with Crippen LogP contribution in [0.5, 0.6) is 0 Å². The van der Waals surface area contributed by atoms with Crippen LogP contribution in [-0.4, -0.2) is 20.8 Å². The quantitative estimate of drug-likeness (QED) is 0.590. The Bertz CT molecular complexity index is 516. The van der Waals surface area contributed by atoms with Crippen molar-refractivity contribution in [3.05, 3.63) is 27.8 Å². The number of fused-ring (bicyclic) bond motifs is 1. The first-order chi connectivity index (χ1) is 7.08. The first kappa shape index (κ1) is 9.38. The standard InChI is InChI=1S/C8H9N5O2/c1-4-3-6(14)12-13-7(15)5(2)10-11-8(13)9-4/h3H,1-2H3,(H,9,11)(H,12,14). The van der Waals surface area contributed by atoms with Gasteiger partial charge < -0.3 is 5.32 Å². The molecule has 2 N–H and O–H groups in total. The molecule has 0 aliphatic carbocycles. The summed E-state index contributed by atoms with van der Waals surface area (Å²) in [6.45, 7) is 3.22. The molecule has 0 radical (unpaired) electrons. The zero-order valence-electron chi connectivity index (χ0n) is 8.24. The van der Waals surface area contributed by atoms with Gasteiger partial charge in [0, 0.05) is 11.8 Å². The van der Waals surface area contributed by atoms with Crippen molar-refractivity contribution in [3.8, 4) is 0 Å². The summed E-state index contributed by atoms with van der Waals surface area (Å²) in [5, 5.41) is 10.2. The normalized spacial score (nSPS) is 14.5. The van der Waals surface area contributed by atoms with Gasteiger partial charge in [0.05, 0.1) is 0 Å². The Hall–Kier alpha value is -2.18. The highest BCUT2D eigenvalue weighted by atomic mass is 16.2. The fourth-order valence-corrected chi connectivity index (χ4v) is 1.20. The lowest BCUT2D eigenvalue weighted by Crippen LogP contribution is -2.35. The van der Waals surface area contributed by atoms with Gasteiger partial charge in [-0.3, -0.25) is 15.0 Å². The number of carbonyl (C=O) groups excluding carboxylic acids is 1. The van der Waals surface area contributed by atoms with Crippen LogP contribution < -0.4 is 16.3 Å². The molecule has 1 aromatic rings. The number of nitrogens with one attached hydrogen (secondary N) is 2. The van der Waals surface area contributed by atoms with Crippen LogP contribution in [0.25, 0.3) is 0 Å². The largest absolute Gasteiger partial charge is 0.327 e. The van der Waals surface area contributed by atoms with Gasteiger partial charge in [-0.15, -0.1) is 10.2 Å². The molecule has 0 atom stereocenters. The third kappa shape index (κ3) is 1.58. The lowest BCUT2D eigenvalue weighted by molar-refractivity contribution is -0.112. The first-order valence-electron chi connectivity index (χ1n) is 4.30. The molecule has 0 unspecified atom stereocenters. The number of aryl methyl sites for hydroxylation is 1. The van der Waals surface area contributed by atoms with Gasteiger partial charge in [-0.25, -0.2) is 0 Å². The lowest BCUT2D eigenvalue weighted by atomic mass is 10.4. The van der Waals surface area contributed by atoms with Gasteiger partial charge in [-0.1, -0.05) is 0 Å². The minimum absolute atomic E-state index is 0.199. The summed E-state index contributed by atoms with van der Waals surface area (Å²) in [4.78, 5) is 22.9. The molecular weight excluding hydrogens is 198 g/mol. The topological polar surface area (TPSA) is 88.9 Å². The highest BCUT2D eigenvalue weighted by Gasteiger charge is 2.14. The van der Waals surface area contributed by atoms with Gasteiger partial charge in [0.1, 0.15) is 5.69 Å². The maximum absolute atomic E-state index is 11.6.